The quantitative estimate of drug-likeness (QED) is 0.521. The molecule has 1 heteroatoms. The van der Waals surface area contributed by atoms with Crippen LogP contribution in [0.25, 0.3) is 0 Å². The van der Waals surface area contributed by atoms with Gasteiger partial charge in [-0.25, -0.2) is 0 Å². The molecule has 0 aliphatic heterocycles. The van der Waals surface area contributed by atoms with Crippen LogP contribution in [0.15, 0.2) is 12.2 Å². The van der Waals surface area contributed by atoms with Crippen LogP contribution in [0.1, 0.15) is 64.7 Å². The molecule has 0 saturated heterocycles. The Hall–Kier alpha value is -0.300. The molecule has 14 heavy (non-hydrogen) atoms. The Kier molecular flexibility index (Phi) is 12.4. The highest BCUT2D eigenvalue weighted by Crippen LogP contribution is 2.15. The Morgan fingerprint density at radius 3 is 1.93 bits per heavy atom. The van der Waals surface area contributed by atoms with E-state index in [0.717, 1.165) is 6.42 Å². The van der Waals surface area contributed by atoms with Gasteiger partial charge in [0.05, 0.1) is 6.61 Å². The summed E-state index contributed by atoms with van der Waals surface area (Å²) in [6.45, 7) is 2.38. The molecule has 1 fully saturated rings. The molecule has 1 saturated carbocycles. The fourth-order valence-electron chi connectivity index (χ4n) is 1.59. The van der Waals surface area contributed by atoms with Gasteiger partial charge in [-0.1, -0.05) is 64.0 Å². The highest BCUT2D eigenvalue weighted by molar-refractivity contribution is 4.80. The molecule has 0 amide bonds. The second-order valence-corrected chi connectivity index (χ2v) is 3.92. The molecular formula is C13H26O. The van der Waals surface area contributed by atoms with Gasteiger partial charge in [-0.2, -0.15) is 0 Å². The summed E-state index contributed by atoms with van der Waals surface area (Å²) in [6, 6.07) is 0. The highest BCUT2D eigenvalue weighted by Gasteiger charge is 1.95. The minimum Gasteiger partial charge on any atom is -0.392 e. The molecule has 1 aliphatic rings. The minimum atomic E-state index is 0.187. The van der Waals surface area contributed by atoms with Crippen molar-refractivity contribution in [1.82, 2.24) is 0 Å². The number of aliphatic hydroxyl groups excluding tert-OH is 1. The molecule has 1 N–H and O–H groups in total. The second kappa shape index (κ2) is 12.7. The number of unbranched alkanes of at least 4 members (excludes halogenated alkanes) is 3. The maximum Gasteiger partial charge on any atom is 0.0612 e. The molecule has 0 bridgehead atoms. The van der Waals surface area contributed by atoms with Crippen molar-refractivity contribution in [2.75, 3.05) is 6.61 Å². The average Bonchev–Trinajstić information content (AvgIpc) is 2.76. The van der Waals surface area contributed by atoms with Gasteiger partial charge < -0.3 is 5.11 Å². The molecule has 0 radical (unpaired) electrons. The smallest absolute Gasteiger partial charge is 0.0612 e. The van der Waals surface area contributed by atoms with E-state index in [1.807, 2.05) is 6.08 Å². The van der Waals surface area contributed by atoms with Gasteiger partial charge in [0.2, 0.25) is 0 Å². The molecule has 0 aromatic carbocycles. The lowest BCUT2D eigenvalue weighted by molar-refractivity contribution is 0.342. The van der Waals surface area contributed by atoms with Crippen molar-refractivity contribution in [3.8, 4) is 0 Å². The Labute approximate surface area is 89.2 Å². The zero-order valence-electron chi connectivity index (χ0n) is 9.67. The third kappa shape index (κ3) is 11.7. The standard InChI is InChI=1S/C8H16O.C5H10/c1-2-3-4-5-6-7-8-9;1-2-4-5-3-1/h6-7,9H,2-5,8H2,1H3;1-5H2. The largest absolute Gasteiger partial charge is 0.392 e. The van der Waals surface area contributed by atoms with E-state index in [9.17, 15) is 0 Å². The van der Waals surface area contributed by atoms with Crippen LogP contribution in [0.5, 0.6) is 0 Å². The first-order valence-electron chi connectivity index (χ1n) is 6.17. The summed E-state index contributed by atoms with van der Waals surface area (Å²) in [5.74, 6) is 0. The van der Waals surface area contributed by atoms with E-state index in [4.69, 9.17) is 5.11 Å². The summed E-state index contributed by atoms with van der Waals surface area (Å²) in [5, 5.41) is 8.34. The number of aliphatic hydroxyl groups is 1. The molecule has 1 nitrogen and oxygen atoms in total. The minimum absolute atomic E-state index is 0.187. The summed E-state index contributed by atoms with van der Waals surface area (Å²) < 4.78 is 0. The fourth-order valence-corrected chi connectivity index (χ4v) is 1.59. The maximum atomic E-state index is 8.34. The van der Waals surface area contributed by atoms with E-state index in [1.54, 1.807) is 6.08 Å². The lowest BCUT2D eigenvalue weighted by Crippen LogP contribution is -1.73. The maximum absolute atomic E-state index is 8.34. The van der Waals surface area contributed by atoms with Gasteiger partial charge in [0.1, 0.15) is 0 Å². The first-order chi connectivity index (χ1) is 6.91. The highest BCUT2D eigenvalue weighted by atomic mass is 16.2. The van der Waals surface area contributed by atoms with Crippen LogP contribution in [0.4, 0.5) is 0 Å². The van der Waals surface area contributed by atoms with Crippen molar-refractivity contribution in [3.63, 3.8) is 0 Å². The Bertz CT molecular complexity index is 107. The van der Waals surface area contributed by atoms with Crippen molar-refractivity contribution in [2.24, 2.45) is 0 Å². The Balaban J connectivity index is 0.000000280. The first-order valence-corrected chi connectivity index (χ1v) is 6.17. The molecule has 1 rings (SSSR count). The normalized spacial score (nSPS) is 15.6. The third-order valence-electron chi connectivity index (χ3n) is 2.50. The Morgan fingerprint density at radius 1 is 0.929 bits per heavy atom. The lowest BCUT2D eigenvalue weighted by atomic mass is 10.2. The molecule has 0 unspecified atom stereocenters. The first kappa shape index (κ1) is 13.7. The van der Waals surface area contributed by atoms with Gasteiger partial charge in [0.25, 0.3) is 0 Å². The van der Waals surface area contributed by atoms with Crippen molar-refractivity contribution in [1.29, 1.82) is 0 Å². The summed E-state index contributed by atoms with van der Waals surface area (Å²) >= 11 is 0. The number of rotatable bonds is 5. The molecular weight excluding hydrogens is 172 g/mol. The number of hydrogen-bond acceptors (Lipinski definition) is 1. The molecule has 0 heterocycles. The van der Waals surface area contributed by atoms with Crippen LogP contribution in [-0.4, -0.2) is 11.7 Å². The van der Waals surface area contributed by atoms with Gasteiger partial charge in [-0.3, -0.25) is 0 Å². The van der Waals surface area contributed by atoms with Gasteiger partial charge in [-0.15, -0.1) is 0 Å². The summed E-state index contributed by atoms with van der Waals surface area (Å²) in [7, 11) is 0. The predicted molar refractivity (Wildman–Crippen MR) is 63.5 cm³/mol. The van der Waals surface area contributed by atoms with Crippen LogP contribution < -0.4 is 0 Å². The van der Waals surface area contributed by atoms with Crippen molar-refractivity contribution < 1.29 is 5.11 Å². The van der Waals surface area contributed by atoms with E-state index in [2.05, 4.69) is 6.92 Å². The van der Waals surface area contributed by atoms with E-state index in [-0.39, 0.29) is 6.61 Å². The van der Waals surface area contributed by atoms with Crippen LogP contribution in [0, 0.1) is 0 Å². The summed E-state index contributed by atoms with van der Waals surface area (Å²) in [6.07, 6.45) is 16.3. The monoisotopic (exact) mass is 198 g/mol. The fraction of sp³-hybridized carbons (Fsp3) is 0.846. The van der Waals surface area contributed by atoms with Crippen LogP contribution in [-0.2, 0) is 0 Å². The van der Waals surface area contributed by atoms with Gasteiger partial charge in [0, 0.05) is 0 Å². The van der Waals surface area contributed by atoms with Crippen LogP contribution in [0.3, 0.4) is 0 Å². The summed E-state index contributed by atoms with van der Waals surface area (Å²) in [4.78, 5) is 0. The molecule has 0 aromatic rings. The molecule has 0 spiro atoms. The SMILES string of the molecule is C1CCCC1.CCCCCC=CCO. The predicted octanol–water partition coefficient (Wildman–Crippen LogP) is 4.07. The zero-order chi connectivity index (χ0) is 10.5. The molecule has 84 valence electrons. The van der Waals surface area contributed by atoms with E-state index >= 15 is 0 Å². The van der Waals surface area contributed by atoms with Crippen LogP contribution in [0.2, 0.25) is 0 Å². The van der Waals surface area contributed by atoms with Crippen LogP contribution >= 0.6 is 0 Å². The number of hydrogen-bond donors (Lipinski definition) is 1. The number of allylic oxidation sites excluding steroid dienone is 1. The van der Waals surface area contributed by atoms with Gasteiger partial charge >= 0.3 is 0 Å². The second-order valence-electron chi connectivity index (χ2n) is 3.92. The van der Waals surface area contributed by atoms with E-state index in [0.29, 0.717) is 0 Å². The van der Waals surface area contributed by atoms with Gasteiger partial charge in [-0.05, 0) is 12.8 Å². The molecule has 0 aromatic heterocycles. The van der Waals surface area contributed by atoms with Gasteiger partial charge in [0.15, 0.2) is 0 Å². The lowest BCUT2D eigenvalue weighted by Gasteiger charge is -1.89. The average molecular weight is 198 g/mol. The topological polar surface area (TPSA) is 20.2 Å². The van der Waals surface area contributed by atoms with Crippen molar-refractivity contribution >= 4 is 0 Å². The Morgan fingerprint density at radius 2 is 1.50 bits per heavy atom. The summed E-state index contributed by atoms with van der Waals surface area (Å²) in [5.41, 5.74) is 0. The van der Waals surface area contributed by atoms with E-state index < -0.39 is 0 Å². The van der Waals surface area contributed by atoms with E-state index in [1.165, 1.54) is 51.4 Å². The van der Waals surface area contributed by atoms with Crippen molar-refractivity contribution in [2.45, 2.75) is 64.7 Å². The molecule has 0 atom stereocenters. The molecule has 1 aliphatic carbocycles. The third-order valence-corrected chi connectivity index (χ3v) is 2.50. The zero-order valence-corrected chi connectivity index (χ0v) is 9.67. The van der Waals surface area contributed by atoms with Crippen molar-refractivity contribution in [3.05, 3.63) is 12.2 Å².